The van der Waals surface area contributed by atoms with Crippen molar-refractivity contribution in [1.29, 1.82) is 0 Å². The number of primary amides is 1. The number of carbonyl (C=O) groups is 1. The SMILES string of the molecule is NC(=O)NN=Cc1ccc(Oc2ccccn2)cc1. The number of pyridine rings is 1. The third-order valence-corrected chi connectivity index (χ3v) is 2.13. The molecule has 0 saturated heterocycles. The molecule has 2 amide bonds. The van der Waals surface area contributed by atoms with Gasteiger partial charge in [0.2, 0.25) is 5.88 Å². The highest BCUT2D eigenvalue weighted by Crippen LogP contribution is 2.18. The summed E-state index contributed by atoms with van der Waals surface area (Å²) in [6, 6.07) is 11.9. The first-order valence-corrected chi connectivity index (χ1v) is 5.51. The van der Waals surface area contributed by atoms with E-state index in [0.717, 1.165) is 5.56 Å². The number of urea groups is 1. The monoisotopic (exact) mass is 256 g/mol. The minimum Gasteiger partial charge on any atom is -0.439 e. The number of hydrogen-bond acceptors (Lipinski definition) is 4. The van der Waals surface area contributed by atoms with Crippen molar-refractivity contribution in [3.05, 3.63) is 54.2 Å². The summed E-state index contributed by atoms with van der Waals surface area (Å²) in [7, 11) is 0. The van der Waals surface area contributed by atoms with E-state index >= 15 is 0 Å². The zero-order valence-electron chi connectivity index (χ0n) is 9.98. The molecule has 0 aliphatic rings. The zero-order chi connectivity index (χ0) is 13.5. The number of hydrogen-bond donors (Lipinski definition) is 2. The van der Waals surface area contributed by atoms with Crippen LogP contribution in [0.25, 0.3) is 0 Å². The minimum absolute atomic E-state index is 0.527. The van der Waals surface area contributed by atoms with Gasteiger partial charge in [0.1, 0.15) is 5.75 Å². The van der Waals surface area contributed by atoms with Gasteiger partial charge in [0.05, 0.1) is 6.21 Å². The second kappa shape index (κ2) is 6.15. The largest absolute Gasteiger partial charge is 0.439 e. The molecule has 0 radical (unpaired) electrons. The lowest BCUT2D eigenvalue weighted by Gasteiger charge is -2.03. The quantitative estimate of drug-likeness (QED) is 0.646. The van der Waals surface area contributed by atoms with Crippen LogP contribution in [0.5, 0.6) is 11.6 Å². The number of benzene rings is 1. The molecule has 0 aliphatic heterocycles. The van der Waals surface area contributed by atoms with Gasteiger partial charge in [0.25, 0.3) is 0 Å². The average molecular weight is 256 g/mol. The van der Waals surface area contributed by atoms with Crippen molar-refractivity contribution in [3.8, 4) is 11.6 Å². The highest BCUT2D eigenvalue weighted by Gasteiger charge is 1.97. The first-order chi connectivity index (χ1) is 9.24. The van der Waals surface area contributed by atoms with Crippen LogP contribution in [-0.4, -0.2) is 17.2 Å². The van der Waals surface area contributed by atoms with Crippen LogP contribution in [0.2, 0.25) is 0 Å². The van der Waals surface area contributed by atoms with E-state index in [2.05, 4.69) is 15.5 Å². The second-order valence-electron chi connectivity index (χ2n) is 3.57. The molecule has 0 bridgehead atoms. The summed E-state index contributed by atoms with van der Waals surface area (Å²) in [5.74, 6) is 1.19. The summed E-state index contributed by atoms with van der Waals surface area (Å²) in [5.41, 5.74) is 7.80. The van der Waals surface area contributed by atoms with Gasteiger partial charge in [0, 0.05) is 12.3 Å². The van der Waals surface area contributed by atoms with Gasteiger partial charge in [-0.1, -0.05) is 6.07 Å². The molecular formula is C13H12N4O2. The fraction of sp³-hybridized carbons (Fsp3) is 0. The lowest BCUT2D eigenvalue weighted by atomic mass is 10.2. The van der Waals surface area contributed by atoms with Gasteiger partial charge in [-0.05, 0) is 35.9 Å². The second-order valence-corrected chi connectivity index (χ2v) is 3.57. The van der Waals surface area contributed by atoms with Crippen molar-refractivity contribution < 1.29 is 9.53 Å². The van der Waals surface area contributed by atoms with Crippen LogP contribution in [0.15, 0.2) is 53.8 Å². The number of nitrogens with one attached hydrogen (secondary N) is 1. The lowest BCUT2D eigenvalue weighted by Crippen LogP contribution is -2.24. The highest BCUT2D eigenvalue weighted by molar-refractivity contribution is 5.81. The molecule has 2 aromatic rings. The summed E-state index contributed by atoms with van der Waals surface area (Å²) in [6.07, 6.45) is 3.14. The van der Waals surface area contributed by atoms with Gasteiger partial charge in [-0.15, -0.1) is 0 Å². The van der Waals surface area contributed by atoms with Crippen LogP contribution in [0.1, 0.15) is 5.56 Å². The van der Waals surface area contributed by atoms with E-state index in [1.165, 1.54) is 6.21 Å². The fourth-order valence-corrected chi connectivity index (χ4v) is 1.32. The maximum Gasteiger partial charge on any atom is 0.332 e. The van der Waals surface area contributed by atoms with E-state index in [-0.39, 0.29) is 0 Å². The molecule has 3 N–H and O–H groups in total. The molecule has 0 spiro atoms. The smallest absolute Gasteiger partial charge is 0.332 e. The van der Waals surface area contributed by atoms with E-state index < -0.39 is 6.03 Å². The van der Waals surface area contributed by atoms with Gasteiger partial charge in [0.15, 0.2) is 0 Å². The number of aromatic nitrogens is 1. The predicted molar refractivity (Wildman–Crippen MR) is 71.1 cm³/mol. The summed E-state index contributed by atoms with van der Waals surface area (Å²) in [4.78, 5) is 14.5. The van der Waals surface area contributed by atoms with E-state index in [1.54, 1.807) is 36.5 Å². The summed E-state index contributed by atoms with van der Waals surface area (Å²) in [5, 5.41) is 3.65. The lowest BCUT2D eigenvalue weighted by molar-refractivity contribution is 0.249. The molecule has 0 atom stereocenters. The number of hydrazone groups is 1. The molecule has 1 aromatic heterocycles. The van der Waals surface area contributed by atoms with Crippen LogP contribution in [-0.2, 0) is 0 Å². The van der Waals surface area contributed by atoms with E-state index in [0.29, 0.717) is 11.6 Å². The Hall–Kier alpha value is -2.89. The molecule has 6 nitrogen and oxygen atoms in total. The van der Waals surface area contributed by atoms with Gasteiger partial charge in [-0.3, -0.25) is 0 Å². The molecule has 0 aliphatic carbocycles. The number of rotatable bonds is 4. The van der Waals surface area contributed by atoms with Crippen LogP contribution >= 0.6 is 0 Å². The number of nitrogens with two attached hydrogens (primary N) is 1. The molecule has 0 saturated carbocycles. The standard InChI is InChI=1S/C13H12N4O2/c14-13(18)17-16-9-10-4-6-11(7-5-10)19-12-3-1-2-8-15-12/h1-9H,(H3,14,17,18). The van der Waals surface area contributed by atoms with Gasteiger partial charge < -0.3 is 10.5 Å². The van der Waals surface area contributed by atoms with Gasteiger partial charge in [-0.2, -0.15) is 5.10 Å². The average Bonchev–Trinajstić information content (AvgIpc) is 2.42. The van der Waals surface area contributed by atoms with Crippen molar-refractivity contribution >= 4 is 12.2 Å². The van der Waals surface area contributed by atoms with Crippen LogP contribution < -0.4 is 15.9 Å². The van der Waals surface area contributed by atoms with Crippen LogP contribution in [0, 0.1) is 0 Å². The molecule has 96 valence electrons. The molecule has 2 rings (SSSR count). The first-order valence-electron chi connectivity index (χ1n) is 5.51. The number of ether oxygens (including phenoxy) is 1. The predicted octanol–water partition coefficient (Wildman–Crippen LogP) is 1.88. The fourth-order valence-electron chi connectivity index (χ4n) is 1.32. The van der Waals surface area contributed by atoms with Gasteiger partial charge >= 0.3 is 6.03 Å². The Labute approximate surface area is 109 Å². The molecule has 0 fully saturated rings. The molecule has 6 heteroatoms. The van der Waals surface area contributed by atoms with Crippen molar-refractivity contribution in [2.75, 3.05) is 0 Å². The summed E-state index contributed by atoms with van der Waals surface area (Å²) < 4.78 is 5.53. The highest BCUT2D eigenvalue weighted by atomic mass is 16.5. The zero-order valence-corrected chi connectivity index (χ0v) is 9.98. The van der Waals surface area contributed by atoms with Gasteiger partial charge in [-0.25, -0.2) is 15.2 Å². The molecular weight excluding hydrogens is 244 g/mol. The van der Waals surface area contributed by atoms with Crippen LogP contribution in [0.4, 0.5) is 4.79 Å². The Morgan fingerprint density at radius 3 is 2.68 bits per heavy atom. The summed E-state index contributed by atoms with van der Waals surface area (Å²) in [6.45, 7) is 0. The van der Waals surface area contributed by atoms with E-state index in [1.807, 2.05) is 12.1 Å². The molecule has 0 unspecified atom stereocenters. The number of carbonyl (C=O) groups excluding carboxylic acids is 1. The third kappa shape index (κ3) is 4.12. The maximum atomic E-state index is 10.4. The Morgan fingerprint density at radius 1 is 1.26 bits per heavy atom. The summed E-state index contributed by atoms with van der Waals surface area (Å²) >= 11 is 0. The van der Waals surface area contributed by atoms with Crippen molar-refractivity contribution in [2.24, 2.45) is 10.8 Å². The molecule has 1 heterocycles. The Balaban J connectivity index is 1.98. The topological polar surface area (TPSA) is 89.6 Å². The van der Waals surface area contributed by atoms with E-state index in [4.69, 9.17) is 10.5 Å². The molecule has 1 aromatic carbocycles. The van der Waals surface area contributed by atoms with E-state index in [9.17, 15) is 4.79 Å². The Kier molecular flexibility index (Phi) is 4.07. The Morgan fingerprint density at radius 2 is 2.05 bits per heavy atom. The maximum absolute atomic E-state index is 10.4. The van der Waals surface area contributed by atoms with Crippen LogP contribution in [0.3, 0.4) is 0 Å². The molecule has 19 heavy (non-hydrogen) atoms. The normalized spacial score (nSPS) is 10.3. The van der Waals surface area contributed by atoms with Crippen molar-refractivity contribution in [2.45, 2.75) is 0 Å². The number of nitrogens with zero attached hydrogens (tertiary/aromatic N) is 2. The van der Waals surface area contributed by atoms with Crippen molar-refractivity contribution in [3.63, 3.8) is 0 Å². The first kappa shape index (κ1) is 12.6. The van der Waals surface area contributed by atoms with Crippen molar-refractivity contribution in [1.82, 2.24) is 10.4 Å². The Bertz CT molecular complexity index is 567. The third-order valence-electron chi connectivity index (χ3n) is 2.13. The number of amides is 2. The minimum atomic E-state index is -0.702.